The zero-order valence-electron chi connectivity index (χ0n) is 12.7. The lowest BCUT2D eigenvalue weighted by Crippen LogP contribution is -2.38. The van der Waals surface area contributed by atoms with Crippen molar-refractivity contribution in [3.8, 4) is 0 Å². The summed E-state index contributed by atoms with van der Waals surface area (Å²) in [7, 11) is 0. The summed E-state index contributed by atoms with van der Waals surface area (Å²) in [5, 5.41) is 19.8. The lowest BCUT2D eigenvalue weighted by Gasteiger charge is -2.30. The number of halogens is 1. The molecule has 0 bridgehead atoms. The van der Waals surface area contributed by atoms with E-state index in [2.05, 4.69) is 0 Å². The SMILES string of the molecule is CC(CO)N(Cc1ccccc1)CC(O)c1ccc(F)cc1. The first kappa shape index (κ1) is 16.6. The maximum absolute atomic E-state index is 13.0. The summed E-state index contributed by atoms with van der Waals surface area (Å²) in [6.07, 6.45) is -0.724. The van der Waals surface area contributed by atoms with Gasteiger partial charge in [-0.15, -0.1) is 0 Å². The van der Waals surface area contributed by atoms with E-state index >= 15 is 0 Å². The second-order valence-electron chi connectivity index (χ2n) is 5.51. The molecule has 2 N–H and O–H groups in total. The largest absolute Gasteiger partial charge is 0.395 e. The van der Waals surface area contributed by atoms with Gasteiger partial charge in [0.1, 0.15) is 5.82 Å². The normalized spacial score (nSPS) is 14.0. The predicted molar refractivity (Wildman–Crippen MR) is 84.8 cm³/mol. The molecular formula is C18H22FNO2. The third-order valence-corrected chi connectivity index (χ3v) is 3.78. The highest BCUT2D eigenvalue weighted by atomic mass is 19.1. The minimum absolute atomic E-state index is 0.0168. The number of hydrogen-bond acceptors (Lipinski definition) is 3. The van der Waals surface area contributed by atoms with Gasteiger partial charge in [-0.1, -0.05) is 42.5 Å². The molecule has 0 heterocycles. The van der Waals surface area contributed by atoms with E-state index < -0.39 is 6.10 Å². The van der Waals surface area contributed by atoms with E-state index in [0.29, 0.717) is 18.7 Å². The Balaban J connectivity index is 2.07. The Morgan fingerprint density at radius 1 is 1.05 bits per heavy atom. The summed E-state index contributed by atoms with van der Waals surface area (Å²) >= 11 is 0. The fourth-order valence-corrected chi connectivity index (χ4v) is 2.35. The van der Waals surface area contributed by atoms with Gasteiger partial charge in [0.2, 0.25) is 0 Å². The first-order chi connectivity index (χ1) is 10.6. The zero-order valence-corrected chi connectivity index (χ0v) is 12.7. The molecule has 2 aromatic carbocycles. The molecular weight excluding hydrogens is 281 g/mol. The van der Waals surface area contributed by atoms with E-state index in [1.165, 1.54) is 12.1 Å². The van der Waals surface area contributed by atoms with Gasteiger partial charge < -0.3 is 10.2 Å². The van der Waals surface area contributed by atoms with Gasteiger partial charge in [-0.05, 0) is 30.2 Å². The van der Waals surface area contributed by atoms with Crippen LogP contribution in [0.25, 0.3) is 0 Å². The van der Waals surface area contributed by atoms with Crippen LogP contribution in [0, 0.1) is 5.82 Å². The number of benzene rings is 2. The number of aliphatic hydroxyl groups excluding tert-OH is 2. The summed E-state index contributed by atoms with van der Waals surface area (Å²) in [4.78, 5) is 2.02. The van der Waals surface area contributed by atoms with Gasteiger partial charge in [-0.3, -0.25) is 4.90 Å². The van der Waals surface area contributed by atoms with Crippen molar-refractivity contribution >= 4 is 0 Å². The van der Waals surface area contributed by atoms with Crippen molar-refractivity contribution in [3.63, 3.8) is 0 Å². The fraction of sp³-hybridized carbons (Fsp3) is 0.333. The molecule has 2 unspecified atom stereocenters. The Hall–Kier alpha value is -1.75. The minimum atomic E-state index is -0.724. The van der Waals surface area contributed by atoms with Crippen LogP contribution in [-0.2, 0) is 6.54 Å². The topological polar surface area (TPSA) is 43.7 Å². The van der Waals surface area contributed by atoms with Crippen LogP contribution in [0.4, 0.5) is 4.39 Å². The smallest absolute Gasteiger partial charge is 0.123 e. The van der Waals surface area contributed by atoms with Crippen LogP contribution in [-0.4, -0.2) is 34.3 Å². The van der Waals surface area contributed by atoms with Crippen LogP contribution < -0.4 is 0 Å². The number of hydrogen-bond donors (Lipinski definition) is 2. The molecule has 22 heavy (non-hydrogen) atoms. The van der Waals surface area contributed by atoms with Crippen LogP contribution in [0.15, 0.2) is 54.6 Å². The van der Waals surface area contributed by atoms with Crippen molar-refractivity contribution in [3.05, 3.63) is 71.5 Å². The van der Waals surface area contributed by atoms with Gasteiger partial charge in [-0.2, -0.15) is 0 Å². The molecule has 4 heteroatoms. The van der Waals surface area contributed by atoms with Gasteiger partial charge in [0, 0.05) is 19.1 Å². The van der Waals surface area contributed by atoms with Crippen LogP contribution >= 0.6 is 0 Å². The number of rotatable bonds is 7. The molecule has 0 aliphatic rings. The van der Waals surface area contributed by atoms with Gasteiger partial charge in [0.15, 0.2) is 0 Å². The molecule has 3 nitrogen and oxygen atoms in total. The lowest BCUT2D eigenvalue weighted by molar-refractivity contribution is 0.0634. The average Bonchev–Trinajstić information content (AvgIpc) is 2.55. The Morgan fingerprint density at radius 2 is 1.68 bits per heavy atom. The molecule has 0 aromatic heterocycles. The van der Waals surface area contributed by atoms with Crippen LogP contribution in [0.1, 0.15) is 24.2 Å². The van der Waals surface area contributed by atoms with Crippen molar-refractivity contribution in [1.29, 1.82) is 0 Å². The quantitative estimate of drug-likeness (QED) is 0.826. The third-order valence-electron chi connectivity index (χ3n) is 3.78. The van der Waals surface area contributed by atoms with Crippen LogP contribution in [0.5, 0.6) is 0 Å². The molecule has 0 amide bonds. The summed E-state index contributed by atoms with van der Waals surface area (Å²) in [6, 6.07) is 15.7. The second-order valence-corrected chi connectivity index (χ2v) is 5.51. The molecule has 0 aliphatic carbocycles. The Kier molecular flexibility index (Phi) is 6.07. The number of aliphatic hydroxyl groups is 2. The van der Waals surface area contributed by atoms with Crippen LogP contribution in [0.2, 0.25) is 0 Å². The Labute approximate surface area is 130 Å². The van der Waals surface area contributed by atoms with Gasteiger partial charge >= 0.3 is 0 Å². The summed E-state index contributed by atoms with van der Waals surface area (Å²) in [6.45, 7) is 2.95. The highest BCUT2D eigenvalue weighted by Crippen LogP contribution is 2.18. The van der Waals surface area contributed by atoms with Crippen LogP contribution in [0.3, 0.4) is 0 Å². The van der Waals surface area contributed by atoms with E-state index in [9.17, 15) is 14.6 Å². The van der Waals surface area contributed by atoms with Crippen molar-refractivity contribution in [2.75, 3.05) is 13.2 Å². The van der Waals surface area contributed by atoms with Gasteiger partial charge in [0.25, 0.3) is 0 Å². The van der Waals surface area contributed by atoms with Gasteiger partial charge in [0.05, 0.1) is 12.7 Å². The summed E-state index contributed by atoms with van der Waals surface area (Å²) in [5.41, 5.74) is 1.79. The van der Waals surface area contributed by atoms with E-state index in [4.69, 9.17) is 0 Å². The van der Waals surface area contributed by atoms with Gasteiger partial charge in [-0.25, -0.2) is 4.39 Å². The first-order valence-electron chi connectivity index (χ1n) is 7.42. The van der Waals surface area contributed by atoms with E-state index in [1.807, 2.05) is 42.2 Å². The maximum atomic E-state index is 13.0. The second kappa shape index (κ2) is 8.03. The molecule has 2 atom stereocenters. The molecule has 118 valence electrons. The summed E-state index contributed by atoms with van der Waals surface area (Å²) < 4.78 is 13.0. The molecule has 2 rings (SSSR count). The lowest BCUT2D eigenvalue weighted by atomic mass is 10.1. The minimum Gasteiger partial charge on any atom is -0.395 e. The molecule has 2 aromatic rings. The molecule has 0 fully saturated rings. The molecule has 0 spiro atoms. The van der Waals surface area contributed by atoms with E-state index in [1.54, 1.807) is 12.1 Å². The van der Waals surface area contributed by atoms with Crippen molar-refractivity contribution in [2.24, 2.45) is 0 Å². The number of nitrogens with zero attached hydrogens (tertiary/aromatic N) is 1. The Bertz CT molecular complexity index is 559. The predicted octanol–water partition coefficient (Wildman–Crippen LogP) is 2.74. The van der Waals surface area contributed by atoms with Crippen molar-refractivity contribution < 1.29 is 14.6 Å². The van der Waals surface area contributed by atoms with Crippen molar-refractivity contribution in [2.45, 2.75) is 25.6 Å². The fourth-order valence-electron chi connectivity index (χ4n) is 2.35. The molecule has 0 saturated carbocycles. The monoisotopic (exact) mass is 303 g/mol. The maximum Gasteiger partial charge on any atom is 0.123 e. The van der Waals surface area contributed by atoms with Crippen molar-refractivity contribution in [1.82, 2.24) is 4.90 Å². The highest BCUT2D eigenvalue weighted by Gasteiger charge is 2.18. The molecule has 0 radical (unpaired) electrons. The average molecular weight is 303 g/mol. The molecule has 0 aliphatic heterocycles. The molecule has 0 saturated heterocycles. The van der Waals surface area contributed by atoms with E-state index in [0.717, 1.165) is 5.56 Å². The highest BCUT2D eigenvalue weighted by molar-refractivity contribution is 5.19. The van der Waals surface area contributed by atoms with E-state index in [-0.39, 0.29) is 18.5 Å². The summed E-state index contributed by atoms with van der Waals surface area (Å²) in [5.74, 6) is -0.319. The zero-order chi connectivity index (χ0) is 15.9. The standard InChI is InChI=1S/C18H22FNO2/c1-14(13-21)20(11-15-5-3-2-4-6-15)12-18(22)16-7-9-17(19)10-8-16/h2-10,14,18,21-22H,11-13H2,1H3. The Morgan fingerprint density at radius 3 is 2.27 bits per heavy atom. The third kappa shape index (κ3) is 4.63. The first-order valence-corrected chi connectivity index (χ1v) is 7.42.